The third-order valence-electron chi connectivity index (χ3n) is 5.70. The molecule has 0 spiro atoms. The molecule has 0 radical (unpaired) electrons. The van der Waals surface area contributed by atoms with Crippen LogP contribution in [0.2, 0.25) is 0 Å². The first-order chi connectivity index (χ1) is 18.6. The SMILES string of the molecule is CC(C)[C@H](NC(=O)CCCC(=O)N(C)C)C(=O)N[C@@H](CCNC(=O)OC(C)(C)C)C(=O)Nc1ccc(CO)cc1. The van der Waals surface area contributed by atoms with E-state index in [9.17, 15) is 29.1 Å². The fraction of sp³-hybridized carbons (Fsp3) is 0.607. The highest BCUT2D eigenvalue weighted by atomic mass is 16.6. The highest BCUT2D eigenvalue weighted by Gasteiger charge is 2.29. The van der Waals surface area contributed by atoms with Crippen molar-refractivity contribution in [2.24, 2.45) is 5.92 Å². The average Bonchev–Trinajstić information content (AvgIpc) is 2.85. The van der Waals surface area contributed by atoms with Gasteiger partial charge in [-0.05, 0) is 57.2 Å². The van der Waals surface area contributed by atoms with Gasteiger partial charge in [-0.1, -0.05) is 26.0 Å². The molecule has 5 amide bonds. The molecule has 0 unspecified atom stereocenters. The normalized spacial score (nSPS) is 12.6. The number of amides is 5. The zero-order valence-electron chi connectivity index (χ0n) is 24.6. The van der Waals surface area contributed by atoms with E-state index in [1.807, 2.05) is 0 Å². The van der Waals surface area contributed by atoms with Crippen LogP contribution in [-0.4, -0.2) is 78.1 Å². The van der Waals surface area contributed by atoms with Crippen LogP contribution in [0.4, 0.5) is 10.5 Å². The number of alkyl carbamates (subject to hydrolysis) is 1. The summed E-state index contributed by atoms with van der Waals surface area (Å²) in [4.78, 5) is 64.1. The molecule has 0 fully saturated rings. The van der Waals surface area contributed by atoms with Crippen molar-refractivity contribution in [3.05, 3.63) is 29.8 Å². The molecule has 5 N–H and O–H groups in total. The Morgan fingerprint density at radius 1 is 0.950 bits per heavy atom. The number of aliphatic hydroxyl groups excluding tert-OH is 1. The molecule has 12 heteroatoms. The quantitative estimate of drug-likeness (QED) is 0.231. The number of carbonyl (C=O) groups is 5. The minimum Gasteiger partial charge on any atom is -0.444 e. The van der Waals surface area contributed by atoms with Crippen LogP contribution in [0.1, 0.15) is 65.9 Å². The van der Waals surface area contributed by atoms with E-state index in [4.69, 9.17) is 4.74 Å². The number of aliphatic hydroxyl groups is 1. The highest BCUT2D eigenvalue weighted by molar-refractivity contribution is 5.98. The number of ether oxygens (including phenoxy) is 1. The van der Waals surface area contributed by atoms with Gasteiger partial charge in [0.15, 0.2) is 0 Å². The summed E-state index contributed by atoms with van der Waals surface area (Å²) in [6, 6.07) is 4.60. The maximum absolute atomic E-state index is 13.2. The number of carbonyl (C=O) groups excluding carboxylic acids is 5. The maximum atomic E-state index is 13.2. The topological polar surface area (TPSA) is 166 Å². The number of nitrogens with zero attached hydrogens (tertiary/aromatic N) is 1. The van der Waals surface area contributed by atoms with Gasteiger partial charge in [0.1, 0.15) is 17.7 Å². The van der Waals surface area contributed by atoms with E-state index in [1.54, 1.807) is 73.0 Å². The maximum Gasteiger partial charge on any atom is 0.407 e. The number of hydrogen-bond acceptors (Lipinski definition) is 7. The Bertz CT molecular complexity index is 1000. The lowest BCUT2D eigenvalue weighted by Crippen LogP contribution is -2.55. The van der Waals surface area contributed by atoms with Gasteiger partial charge < -0.3 is 36.0 Å². The molecule has 2 atom stereocenters. The first kappa shape index (κ1) is 34.4. The standard InChI is InChI=1S/C28H45N5O7/c1-18(2)24(32-22(35)9-8-10-23(36)33(6)7)26(38)31-21(15-16-29-27(39)40-28(3,4)5)25(37)30-20-13-11-19(17-34)12-14-20/h11-14,18,21,24,34H,8-10,15-17H2,1-7H3,(H,29,39)(H,30,37)(H,31,38)(H,32,35)/t21-,24-/m0/s1. The largest absolute Gasteiger partial charge is 0.444 e. The van der Waals surface area contributed by atoms with Crippen molar-refractivity contribution >= 4 is 35.4 Å². The molecular formula is C28H45N5O7. The van der Waals surface area contributed by atoms with E-state index in [2.05, 4.69) is 21.3 Å². The Hall–Kier alpha value is -3.67. The van der Waals surface area contributed by atoms with Crippen molar-refractivity contribution in [1.82, 2.24) is 20.9 Å². The van der Waals surface area contributed by atoms with Crippen molar-refractivity contribution in [3.8, 4) is 0 Å². The first-order valence-electron chi connectivity index (χ1n) is 13.4. The van der Waals surface area contributed by atoms with E-state index < -0.39 is 35.6 Å². The van der Waals surface area contributed by atoms with Crippen LogP contribution >= 0.6 is 0 Å². The first-order valence-corrected chi connectivity index (χ1v) is 13.4. The predicted octanol–water partition coefficient (Wildman–Crippen LogP) is 1.92. The molecule has 0 aliphatic carbocycles. The molecule has 224 valence electrons. The molecular weight excluding hydrogens is 518 g/mol. The van der Waals surface area contributed by atoms with Crippen molar-refractivity contribution in [2.75, 3.05) is 26.0 Å². The molecule has 0 aliphatic rings. The van der Waals surface area contributed by atoms with E-state index in [-0.39, 0.29) is 50.1 Å². The van der Waals surface area contributed by atoms with Gasteiger partial charge >= 0.3 is 6.09 Å². The monoisotopic (exact) mass is 563 g/mol. The van der Waals surface area contributed by atoms with Crippen molar-refractivity contribution in [3.63, 3.8) is 0 Å². The molecule has 1 aromatic rings. The smallest absolute Gasteiger partial charge is 0.407 e. The van der Waals surface area contributed by atoms with Gasteiger partial charge in [0.05, 0.1) is 6.61 Å². The van der Waals surface area contributed by atoms with Crippen LogP contribution in [0.25, 0.3) is 0 Å². The Kier molecular flexibility index (Phi) is 14.1. The molecule has 0 aromatic heterocycles. The van der Waals surface area contributed by atoms with Gasteiger partial charge in [0.2, 0.25) is 23.6 Å². The predicted molar refractivity (Wildman–Crippen MR) is 151 cm³/mol. The Balaban J connectivity index is 2.91. The van der Waals surface area contributed by atoms with Crippen molar-refractivity contribution in [1.29, 1.82) is 0 Å². The van der Waals surface area contributed by atoms with E-state index in [0.29, 0.717) is 17.7 Å². The van der Waals surface area contributed by atoms with Gasteiger partial charge in [-0.3, -0.25) is 19.2 Å². The lowest BCUT2D eigenvalue weighted by atomic mass is 10.0. The number of rotatable bonds is 14. The molecule has 12 nitrogen and oxygen atoms in total. The van der Waals surface area contributed by atoms with Crippen LogP contribution < -0.4 is 21.3 Å². The second-order valence-corrected chi connectivity index (χ2v) is 11.1. The average molecular weight is 564 g/mol. The third-order valence-corrected chi connectivity index (χ3v) is 5.70. The zero-order chi connectivity index (χ0) is 30.5. The summed E-state index contributed by atoms with van der Waals surface area (Å²) in [6.07, 6.45) is 0.0231. The molecule has 40 heavy (non-hydrogen) atoms. The van der Waals surface area contributed by atoms with E-state index in [0.717, 1.165) is 0 Å². The minimum atomic E-state index is -1.05. The second-order valence-electron chi connectivity index (χ2n) is 11.1. The number of benzene rings is 1. The molecule has 0 heterocycles. The Morgan fingerprint density at radius 3 is 2.10 bits per heavy atom. The van der Waals surface area contributed by atoms with E-state index >= 15 is 0 Å². The third kappa shape index (κ3) is 13.4. The summed E-state index contributed by atoms with van der Waals surface area (Å²) >= 11 is 0. The van der Waals surface area contributed by atoms with Gasteiger partial charge in [0.25, 0.3) is 0 Å². The van der Waals surface area contributed by atoms with E-state index in [1.165, 1.54) is 4.90 Å². The zero-order valence-corrected chi connectivity index (χ0v) is 24.6. The number of anilines is 1. The minimum absolute atomic E-state index is 0.0370. The number of nitrogens with one attached hydrogen (secondary N) is 4. The second kappa shape index (κ2) is 16.4. The summed E-state index contributed by atoms with van der Waals surface area (Å²) < 4.78 is 5.22. The fourth-order valence-corrected chi connectivity index (χ4v) is 3.49. The van der Waals surface area contributed by atoms with Crippen LogP contribution in [0, 0.1) is 5.92 Å². The van der Waals surface area contributed by atoms with Crippen LogP contribution in [-0.2, 0) is 30.5 Å². The van der Waals surface area contributed by atoms with Crippen LogP contribution in [0.3, 0.4) is 0 Å². The lowest BCUT2D eigenvalue weighted by molar-refractivity contribution is -0.132. The van der Waals surface area contributed by atoms with Crippen LogP contribution in [0.15, 0.2) is 24.3 Å². The van der Waals surface area contributed by atoms with Gasteiger partial charge in [0, 0.05) is 39.2 Å². The van der Waals surface area contributed by atoms with Gasteiger partial charge in [-0.2, -0.15) is 0 Å². The van der Waals surface area contributed by atoms with Crippen molar-refractivity contribution in [2.45, 2.75) is 84.6 Å². The summed E-state index contributed by atoms with van der Waals surface area (Å²) in [5, 5.41) is 20.0. The fourth-order valence-electron chi connectivity index (χ4n) is 3.49. The Morgan fingerprint density at radius 2 is 1.57 bits per heavy atom. The molecule has 1 rings (SSSR count). The van der Waals surface area contributed by atoms with Crippen LogP contribution in [0.5, 0.6) is 0 Å². The van der Waals surface area contributed by atoms with Crippen molar-refractivity contribution < 1.29 is 33.8 Å². The Labute approximate surface area is 236 Å². The van der Waals surface area contributed by atoms with Gasteiger partial charge in [-0.15, -0.1) is 0 Å². The summed E-state index contributed by atoms with van der Waals surface area (Å²) in [6.45, 7) is 8.61. The summed E-state index contributed by atoms with van der Waals surface area (Å²) in [7, 11) is 3.28. The highest BCUT2D eigenvalue weighted by Crippen LogP contribution is 2.12. The summed E-state index contributed by atoms with van der Waals surface area (Å²) in [5.74, 6) is -1.84. The molecule has 0 saturated carbocycles. The molecule has 0 saturated heterocycles. The summed E-state index contributed by atoms with van der Waals surface area (Å²) in [5.41, 5.74) is 0.437. The molecule has 1 aromatic carbocycles. The molecule has 0 bridgehead atoms. The van der Waals surface area contributed by atoms with Gasteiger partial charge in [-0.25, -0.2) is 4.79 Å². The lowest BCUT2D eigenvalue weighted by Gasteiger charge is -2.26. The number of hydrogen-bond donors (Lipinski definition) is 5. The molecule has 0 aliphatic heterocycles.